The van der Waals surface area contributed by atoms with Gasteiger partial charge in [0.2, 0.25) is 0 Å². The summed E-state index contributed by atoms with van der Waals surface area (Å²) >= 11 is 0. The van der Waals surface area contributed by atoms with Crippen molar-refractivity contribution in [2.75, 3.05) is 6.54 Å². The summed E-state index contributed by atoms with van der Waals surface area (Å²) in [5.41, 5.74) is 0.346. The number of nitrogens with one attached hydrogen (secondary N) is 2. The number of aromatic nitrogens is 1. The van der Waals surface area contributed by atoms with Gasteiger partial charge in [-0.1, -0.05) is 0 Å². The SMILES string of the molecule is O=C(NCC1CC1)C(=O)c1ccc[nH]1. The van der Waals surface area contributed by atoms with Gasteiger partial charge in [0.1, 0.15) is 0 Å². The number of H-pyrrole nitrogens is 1. The van der Waals surface area contributed by atoms with Crippen molar-refractivity contribution in [2.24, 2.45) is 5.92 Å². The molecule has 0 unspecified atom stereocenters. The van der Waals surface area contributed by atoms with Crippen molar-refractivity contribution in [3.05, 3.63) is 24.0 Å². The Morgan fingerprint density at radius 1 is 1.50 bits per heavy atom. The molecule has 1 amide bonds. The zero-order valence-corrected chi connectivity index (χ0v) is 7.75. The Labute approximate surface area is 81.7 Å². The van der Waals surface area contributed by atoms with E-state index in [2.05, 4.69) is 10.3 Å². The molecule has 2 N–H and O–H groups in total. The minimum Gasteiger partial charge on any atom is -0.358 e. The molecule has 0 radical (unpaired) electrons. The number of amides is 1. The molecule has 1 aliphatic carbocycles. The molecule has 1 aromatic rings. The molecule has 4 heteroatoms. The molecule has 4 nitrogen and oxygen atoms in total. The molecule has 2 rings (SSSR count). The van der Waals surface area contributed by atoms with Crippen LogP contribution < -0.4 is 5.32 Å². The number of carbonyl (C=O) groups excluding carboxylic acids is 2. The quantitative estimate of drug-likeness (QED) is 0.545. The summed E-state index contributed by atoms with van der Waals surface area (Å²) in [6.07, 6.45) is 3.95. The van der Waals surface area contributed by atoms with E-state index < -0.39 is 11.7 Å². The van der Waals surface area contributed by atoms with E-state index in [4.69, 9.17) is 0 Å². The first-order valence-corrected chi connectivity index (χ1v) is 4.73. The highest BCUT2D eigenvalue weighted by Crippen LogP contribution is 2.27. The number of rotatable bonds is 4. The average molecular weight is 192 g/mol. The van der Waals surface area contributed by atoms with Gasteiger partial charge < -0.3 is 10.3 Å². The summed E-state index contributed by atoms with van der Waals surface area (Å²) in [5.74, 6) is -0.412. The topological polar surface area (TPSA) is 62.0 Å². The van der Waals surface area contributed by atoms with E-state index in [0.29, 0.717) is 18.2 Å². The monoisotopic (exact) mass is 192 g/mol. The number of aromatic amines is 1. The summed E-state index contributed by atoms with van der Waals surface area (Å²) in [6.45, 7) is 0.630. The van der Waals surface area contributed by atoms with Crippen LogP contribution in [0.1, 0.15) is 23.3 Å². The van der Waals surface area contributed by atoms with E-state index in [0.717, 1.165) is 12.8 Å². The van der Waals surface area contributed by atoms with E-state index in [9.17, 15) is 9.59 Å². The molecular weight excluding hydrogens is 180 g/mol. The molecular formula is C10H12N2O2. The molecule has 1 aromatic heterocycles. The van der Waals surface area contributed by atoms with Crippen molar-refractivity contribution in [2.45, 2.75) is 12.8 Å². The molecule has 0 aromatic carbocycles. The van der Waals surface area contributed by atoms with Crippen molar-refractivity contribution in [1.29, 1.82) is 0 Å². The molecule has 14 heavy (non-hydrogen) atoms. The third kappa shape index (κ3) is 2.02. The number of Topliss-reactive ketones (excluding diaryl/α,β-unsaturated/α-hetero) is 1. The van der Waals surface area contributed by atoms with Crippen LogP contribution in [0.4, 0.5) is 0 Å². The lowest BCUT2D eigenvalue weighted by Crippen LogP contribution is -2.32. The molecule has 0 aliphatic heterocycles. The fourth-order valence-corrected chi connectivity index (χ4v) is 1.23. The standard InChI is InChI=1S/C10H12N2O2/c13-9(8-2-1-5-11-8)10(14)12-6-7-3-4-7/h1-2,5,7,11H,3-4,6H2,(H,12,14). The van der Waals surface area contributed by atoms with Crippen molar-refractivity contribution in [3.63, 3.8) is 0 Å². The molecule has 74 valence electrons. The zero-order chi connectivity index (χ0) is 9.97. The van der Waals surface area contributed by atoms with Gasteiger partial charge in [-0.25, -0.2) is 0 Å². The highest BCUT2D eigenvalue weighted by molar-refractivity contribution is 6.42. The van der Waals surface area contributed by atoms with E-state index >= 15 is 0 Å². The Balaban J connectivity index is 1.87. The number of carbonyl (C=O) groups is 2. The van der Waals surface area contributed by atoms with Gasteiger partial charge in [0, 0.05) is 12.7 Å². The van der Waals surface area contributed by atoms with Crippen LogP contribution >= 0.6 is 0 Å². The maximum atomic E-state index is 11.4. The number of hydrogen-bond donors (Lipinski definition) is 2. The van der Waals surface area contributed by atoms with Crippen LogP contribution in [0.15, 0.2) is 18.3 Å². The average Bonchev–Trinajstić information content (AvgIpc) is 2.86. The summed E-state index contributed by atoms with van der Waals surface area (Å²) in [6, 6.07) is 3.29. The molecule has 1 heterocycles. The van der Waals surface area contributed by atoms with Gasteiger partial charge in [0.05, 0.1) is 5.69 Å². The van der Waals surface area contributed by atoms with Gasteiger partial charge in [0.25, 0.3) is 11.7 Å². The third-order valence-corrected chi connectivity index (χ3v) is 2.30. The lowest BCUT2D eigenvalue weighted by molar-refractivity contribution is -0.117. The smallest absolute Gasteiger partial charge is 0.293 e. The fraction of sp³-hybridized carbons (Fsp3) is 0.400. The Bertz CT molecular complexity index is 339. The van der Waals surface area contributed by atoms with Gasteiger partial charge in [-0.3, -0.25) is 9.59 Å². The van der Waals surface area contributed by atoms with Crippen LogP contribution in [0.25, 0.3) is 0 Å². The highest BCUT2D eigenvalue weighted by atomic mass is 16.2. The number of hydrogen-bond acceptors (Lipinski definition) is 2. The lowest BCUT2D eigenvalue weighted by Gasteiger charge is -2.00. The zero-order valence-electron chi connectivity index (χ0n) is 7.75. The largest absolute Gasteiger partial charge is 0.358 e. The Kier molecular flexibility index (Phi) is 2.35. The Morgan fingerprint density at radius 2 is 2.29 bits per heavy atom. The maximum Gasteiger partial charge on any atom is 0.293 e. The van der Waals surface area contributed by atoms with E-state index in [1.54, 1.807) is 18.3 Å². The number of ketones is 1. The minimum atomic E-state index is -0.514. The van der Waals surface area contributed by atoms with Crippen molar-refractivity contribution >= 4 is 11.7 Å². The molecule has 0 spiro atoms. The van der Waals surface area contributed by atoms with Gasteiger partial charge in [-0.05, 0) is 30.9 Å². The first-order valence-electron chi connectivity index (χ1n) is 4.73. The predicted octanol–water partition coefficient (Wildman–Crippen LogP) is 0.724. The van der Waals surface area contributed by atoms with Crippen LogP contribution in [0.5, 0.6) is 0 Å². The molecule has 1 aliphatic rings. The fourth-order valence-electron chi connectivity index (χ4n) is 1.23. The van der Waals surface area contributed by atoms with Crippen LogP contribution in [0.2, 0.25) is 0 Å². The van der Waals surface area contributed by atoms with Crippen LogP contribution in [-0.4, -0.2) is 23.2 Å². The first-order chi connectivity index (χ1) is 6.77. The summed E-state index contributed by atoms with van der Waals surface area (Å²) in [7, 11) is 0. The Hall–Kier alpha value is -1.58. The van der Waals surface area contributed by atoms with Crippen LogP contribution in [0, 0.1) is 5.92 Å². The molecule has 0 bridgehead atoms. The predicted molar refractivity (Wildman–Crippen MR) is 50.9 cm³/mol. The summed E-state index contributed by atoms with van der Waals surface area (Å²) in [4.78, 5) is 25.4. The second-order valence-electron chi connectivity index (χ2n) is 3.57. The molecule has 0 saturated heterocycles. The summed E-state index contributed by atoms with van der Waals surface area (Å²) in [5, 5.41) is 2.62. The lowest BCUT2D eigenvalue weighted by atomic mass is 10.2. The van der Waals surface area contributed by atoms with Crippen molar-refractivity contribution in [3.8, 4) is 0 Å². The van der Waals surface area contributed by atoms with Gasteiger partial charge in [-0.2, -0.15) is 0 Å². The maximum absolute atomic E-state index is 11.4. The van der Waals surface area contributed by atoms with Crippen LogP contribution in [-0.2, 0) is 4.79 Å². The van der Waals surface area contributed by atoms with E-state index in [1.165, 1.54) is 0 Å². The van der Waals surface area contributed by atoms with Gasteiger partial charge in [-0.15, -0.1) is 0 Å². The van der Waals surface area contributed by atoms with Crippen molar-refractivity contribution < 1.29 is 9.59 Å². The first kappa shape index (κ1) is 8.99. The third-order valence-electron chi connectivity index (χ3n) is 2.30. The molecule has 1 saturated carbocycles. The van der Waals surface area contributed by atoms with E-state index in [-0.39, 0.29) is 0 Å². The molecule has 0 atom stereocenters. The normalized spacial score (nSPS) is 15.1. The highest BCUT2D eigenvalue weighted by Gasteiger charge is 2.24. The molecule has 1 fully saturated rings. The van der Waals surface area contributed by atoms with Crippen molar-refractivity contribution in [1.82, 2.24) is 10.3 Å². The second kappa shape index (κ2) is 3.65. The van der Waals surface area contributed by atoms with Gasteiger partial charge in [0.15, 0.2) is 0 Å². The van der Waals surface area contributed by atoms with E-state index in [1.807, 2.05) is 0 Å². The van der Waals surface area contributed by atoms with Gasteiger partial charge >= 0.3 is 0 Å². The Morgan fingerprint density at radius 3 is 2.86 bits per heavy atom. The second-order valence-corrected chi connectivity index (χ2v) is 3.57. The van der Waals surface area contributed by atoms with Crippen LogP contribution in [0.3, 0.4) is 0 Å². The minimum absolute atomic E-state index is 0.346. The summed E-state index contributed by atoms with van der Waals surface area (Å²) < 4.78 is 0.